The van der Waals surface area contributed by atoms with Crippen molar-refractivity contribution in [1.82, 2.24) is 9.55 Å². The lowest BCUT2D eigenvalue weighted by atomic mass is 9.76. The molecule has 1 fully saturated rings. The molecular weight excluding hydrogens is 432 g/mol. The summed E-state index contributed by atoms with van der Waals surface area (Å²) in [7, 11) is 0. The highest BCUT2D eigenvalue weighted by molar-refractivity contribution is 5.50. The zero-order chi connectivity index (χ0) is 23.9. The molecule has 35 heavy (non-hydrogen) atoms. The number of hydrogen-bond acceptors (Lipinski definition) is 3. The van der Waals surface area contributed by atoms with E-state index >= 15 is 0 Å². The molecule has 5 rings (SSSR count). The van der Waals surface area contributed by atoms with Crippen molar-refractivity contribution in [1.29, 1.82) is 0 Å². The number of rotatable bonds is 10. The van der Waals surface area contributed by atoms with Crippen LogP contribution in [0.1, 0.15) is 60.9 Å². The fourth-order valence-electron chi connectivity index (χ4n) is 5.24. The van der Waals surface area contributed by atoms with Gasteiger partial charge in [-0.3, -0.25) is 0 Å². The highest BCUT2D eigenvalue weighted by Gasteiger charge is 2.38. The number of imidazole rings is 1. The third-order valence-corrected chi connectivity index (χ3v) is 7.09. The number of unbranched alkanes of at least 4 members (excludes halogenated alkanes) is 1. The minimum atomic E-state index is -0.508. The van der Waals surface area contributed by atoms with Crippen LogP contribution in [0, 0.1) is 0 Å². The summed E-state index contributed by atoms with van der Waals surface area (Å²) in [5.74, 6) is 0.377. The number of hydrogen-bond donors (Lipinski definition) is 0. The molecule has 1 saturated heterocycles. The van der Waals surface area contributed by atoms with Gasteiger partial charge in [-0.05, 0) is 41.9 Å². The lowest BCUT2D eigenvalue weighted by Crippen LogP contribution is -2.36. The Morgan fingerprint density at radius 1 is 0.800 bits per heavy atom. The van der Waals surface area contributed by atoms with Crippen LogP contribution in [0.25, 0.3) is 0 Å². The van der Waals surface area contributed by atoms with Crippen LogP contribution in [0.5, 0.6) is 0 Å². The maximum Gasteiger partial charge on any atom is 0.157 e. The van der Waals surface area contributed by atoms with Crippen LogP contribution in [-0.4, -0.2) is 29.1 Å². The van der Waals surface area contributed by atoms with Crippen LogP contribution < -0.4 is 0 Å². The van der Waals surface area contributed by atoms with Gasteiger partial charge in [0.25, 0.3) is 0 Å². The molecule has 0 saturated carbocycles. The van der Waals surface area contributed by atoms with Gasteiger partial charge in [0, 0.05) is 6.20 Å². The normalized spacial score (nSPS) is 15.3. The molecule has 0 spiro atoms. The van der Waals surface area contributed by atoms with Crippen LogP contribution in [-0.2, 0) is 15.0 Å². The summed E-state index contributed by atoms with van der Waals surface area (Å²) in [6.45, 7) is 3.74. The van der Waals surface area contributed by atoms with Crippen LogP contribution in [0.15, 0.2) is 104 Å². The first-order chi connectivity index (χ1) is 17.3. The predicted octanol–water partition coefficient (Wildman–Crippen LogP) is 6.76. The second kappa shape index (κ2) is 11.0. The van der Waals surface area contributed by atoms with Crippen molar-refractivity contribution < 1.29 is 9.47 Å². The van der Waals surface area contributed by atoms with Crippen molar-refractivity contribution >= 4 is 0 Å². The van der Waals surface area contributed by atoms with Gasteiger partial charge in [0.05, 0.1) is 25.2 Å². The topological polar surface area (TPSA) is 36.3 Å². The third kappa shape index (κ3) is 4.95. The molecule has 4 nitrogen and oxygen atoms in total. The third-order valence-electron chi connectivity index (χ3n) is 7.09. The average Bonchev–Trinajstić information content (AvgIpc) is 3.62. The first kappa shape index (κ1) is 23.5. The van der Waals surface area contributed by atoms with Crippen molar-refractivity contribution in [3.8, 4) is 0 Å². The molecule has 1 unspecified atom stereocenters. The zero-order valence-corrected chi connectivity index (χ0v) is 20.4. The van der Waals surface area contributed by atoms with Crippen molar-refractivity contribution in [2.75, 3.05) is 13.2 Å². The maximum absolute atomic E-state index is 5.57. The molecule has 0 bridgehead atoms. The Bertz CT molecular complexity index is 1070. The molecule has 1 atom stereocenters. The summed E-state index contributed by atoms with van der Waals surface area (Å²) in [4.78, 5) is 4.93. The van der Waals surface area contributed by atoms with Crippen molar-refractivity contribution in [3.05, 3.63) is 126 Å². The Morgan fingerprint density at radius 2 is 1.31 bits per heavy atom. The van der Waals surface area contributed by atoms with Crippen LogP contribution in [0.4, 0.5) is 0 Å². The van der Waals surface area contributed by atoms with Gasteiger partial charge in [-0.25, -0.2) is 4.98 Å². The molecule has 0 N–H and O–H groups in total. The molecule has 1 aromatic heterocycles. The predicted molar refractivity (Wildman–Crippen MR) is 139 cm³/mol. The molecule has 4 aromatic rings. The number of aromatic nitrogens is 2. The molecule has 2 heterocycles. The lowest BCUT2D eigenvalue weighted by molar-refractivity contribution is -0.0480. The summed E-state index contributed by atoms with van der Waals surface area (Å²) in [6, 6.07) is 32.3. The van der Waals surface area contributed by atoms with E-state index in [1.165, 1.54) is 16.7 Å². The van der Waals surface area contributed by atoms with Gasteiger partial charge in [-0.1, -0.05) is 104 Å². The van der Waals surface area contributed by atoms with Crippen molar-refractivity contribution in [3.63, 3.8) is 0 Å². The fourth-order valence-corrected chi connectivity index (χ4v) is 5.24. The minimum absolute atomic E-state index is 0.00671. The van der Waals surface area contributed by atoms with E-state index in [0.717, 1.165) is 44.6 Å². The SMILES string of the molecule is CC(CCCCC1OCCO1)c1cn(C(c2ccccc2)(c2ccccc2)c2ccccc2)cn1. The summed E-state index contributed by atoms with van der Waals surface area (Å²) in [5.41, 5.74) is 4.26. The molecule has 0 radical (unpaired) electrons. The fraction of sp³-hybridized carbons (Fsp3) is 0.323. The first-order valence-electron chi connectivity index (χ1n) is 12.7. The summed E-state index contributed by atoms with van der Waals surface area (Å²) >= 11 is 0. The summed E-state index contributed by atoms with van der Waals surface area (Å²) in [5, 5.41) is 0. The smallest absolute Gasteiger partial charge is 0.157 e. The Balaban J connectivity index is 1.47. The molecule has 4 heteroatoms. The highest BCUT2D eigenvalue weighted by Crippen LogP contribution is 2.41. The van der Waals surface area contributed by atoms with E-state index in [9.17, 15) is 0 Å². The number of nitrogens with zero attached hydrogens (tertiary/aromatic N) is 2. The van der Waals surface area contributed by atoms with Gasteiger partial charge < -0.3 is 14.0 Å². The second-order valence-corrected chi connectivity index (χ2v) is 9.37. The molecule has 0 aliphatic carbocycles. The summed E-state index contributed by atoms with van der Waals surface area (Å²) < 4.78 is 13.5. The van der Waals surface area contributed by atoms with E-state index in [0.29, 0.717) is 5.92 Å². The van der Waals surface area contributed by atoms with Gasteiger partial charge >= 0.3 is 0 Å². The Hall–Kier alpha value is -3.21. The number of benzene rings is 3. The van der Waals surface area contributed by atoms with Crippen molar-refractivity contribution in [2.45, 2.75) is 50.4 Å². The minimum Gasteiger partial charge on any atom is -0.350 e. The molecular formula is C31H34N2O2. The lowest BCUT2D eigenvalue weighted by Gasteiger charge is -2.37. The summed E-state index contributed by atoms with van der Waals surface area (Å²) in [6.07, 6.45) is 8.57. The van der Waals surface area contributed by atoms with Crippen molar-refractivity contribution in [2.24, 2.45) is 0 Å². The Kier molecular flexibility index (Phi) is 7.41. The molecule has 180 valence electrons. The molecule has 3 aromatic carbocycles. The van der Waals surface area contributed by atoms with E-state index < -0.39 is 5.54 Å². The van der Waals surface area contributed by atoms with Crippen LogP contribution in [0.3, 0.4) is 0 Å². The Labute approximate surface area is 208 Å². The van der Waals surface area contributed by atoms with E-state index in [1.807, 2.05) is 6.33 Å². The van der Waals surface area contributed by atoms with Gasteiger partial charge in [0.2, 0.25) is 0 Å². The van der Waals surface area contributed by atoms with Crippen LogP contribution >= 0.6 is 0 Å². The van der Waals surface area contributed by atoms with E-state index in [4.69, 9.17) is 14.5 Å². The zero-order valence-electron chi connectivity index (χ0n) is 20.4. The largest absolute Gasteiger partial charge is 0.350 e. The van der Waals surface area contributed by atoms with Crippen LogP contribution in [0.2, 0.25) is 0 Å². The molecule has 1 aliphatic heterocycles. The van der Waals surface area contributed by atoms with Gasteiger partial charge in [-0.2, -0.15) is 0 Å². The van der Waals surface area contributed by atoms with Gasteiger partial charge in [0.1, 0.15) is 5.54 Å². The highest BCUT2D eigenvalue weighted by atomic mass is 16.7. The Morgan fingerprint density at radius 3 is 1.83 bits per heavy atom. The maximum atomic E-state index is 5.57. The van der Waals surface area contributed by atoms with E-state index in [-0.39, 0.29) is 6.29 Å². The first-order valence-corrected chi connectivity index (χ1v) is 12.7. The molecule has 0 amide bonds. The van der Waals surface area contributed by atoms with Gasteiger partial charge in [0.15, 0.2) is 6.29 Å². The molecule has 1 aliphatic rings. The van der Waals surface area contributed by atoms with E-state index in [2.05, 4.69) is 109 Å². The monoisotopic (exact) mass is 466 g/mol. The standard InChI is InChI=1S/C31H34N2O2/c1-25(13-11-12-20-30-34-21-22-35-30)29-23-33(24-32-29)31(26-14-5-2-6-15-26,27-16-7-3-8-17-27)28-18-9-4-10-19-28/h2-10,14-19,23-25,30H,11-13,20-22H2,1H3. The van der Waals surface area contributed by atoms with Gasteiger partial charge in [-0.15, -0.1) is 0 Å². The number of ether oxygens (including phenoxy) is 2. The van der Waals surface area contributed by atoms with E-state index in [1.54, 1.807) is 0 Å². The quantitative estimate of drug-likeness (QED) is 0.191. The second-order valence-electron chi connectivity index (χ2n) is 9.37. The average molecular weight is 467 g/mol.